The van der Waals surface area contributed by atoms with Crippen LogP contribution in [-0.4, -0.2) is 44.9 Å². The van der Waals surface area contributed by atoms with Gasteiger partial charge in [0.1, 0.15) is 0 Å². The van der Waals surface area contributed by atoms with Crippen molar-refractivity contribution in [2.24, 2.45) is 0 Å². The first kappa shape index (κ1) is 18.4. The molecular weight excluding hydrogens is 390 g/mol. The minimum atomic E-state index is -0.160. The molecule has 1 aliphatic carbocycles. The zero-order valence-corrected chi connectivity index (χ0v) is 17.3. The lowest BCUT2D eigenvalue weighted by atomic mass is 10.1. The summed E-state index contributed by atoms with van der Waals surface area (Å²) in [6.45, 7) is 1.78. The summed E-state index contributed by atoms with van der Waals surface area (Å²) in [5, 5.41) is 7.59. The quantitative estimate of drug-likeness (QED) is 0.697. The van der Waals surface area contributed by atoms with Crippen molar-refractivity contribution in [1.29, 1.82) is 0 Å². The van der Waals surface area contributed by atoms with Crippen LogP contribution in [0, 0.1) is 0 Å². The minimum absolute atomic E-state index is 0.119. The molecule has 1 saturated carbocycles. The van der Waals surface area contributed by atoms with Crippen LogP contribution in [0.2, 0.25) is 0 Å². The van der Waals surface area contributed by atoms with E-state index < -0.39 is 0 Å². The summed E-state index contributed by atoms with van der Waals surface area (Å²) in [7, 11) is 0. The van der Waals surface area contributed by atoms with Gasteiger partial charge in [0.25, 0.3) is 0 Å². The van der Waals surface area contributed by atoms with E-state index in [1.165, 1.54) is 25.7 Å². The third kappa shape index (κ3) is 3.22. The molecule has 2 aliphatic heterocycles. The lowest BCUT2D eigenvalue weighted by Crippen LogP contribution is -2.48. The number of rotatable bonds is 3. The molecule has 0 spiro atoms. The van der Waals surface area contributed by atoms with Gasteiger partial charge in [0, 0.05) is 31.0 Å². The van der Waals surface area contributed by atoms with Gasteiger partial charge in [-0.25, -0.2) is 9.78 Å². The van der Waals surface area contributed by atoms with Crippen LogP contribution in [0.25, 0.3) is 11.3 Å². The van der Waals surface area contributed by atoms with Crippen LogP contribution in [0.5, 0.6) is 0 Å². The Hall–Kier alpha value is -3.42. The fraction of sp³-hybridized carbons (Fsp3) is 0.391. The van der Waals surface area contributed by atoms with Crippen molar-refractivity contribution < 1.29 is 4.79 Å². The molecule has 158 valence electrons. The van der Waals surface area contributed by atoms with Crippen LogP contribution in [0.4, 0.5) is 22.0 Å². The number of aromatic nitrogens is 4. The maximum Gasteiger partial charge on any atom is 0.327 e. The summed E-state index contributed by atoms with van der Waals surface area (Å²) < 4.78 is 2.09. The number of pyridine rings is 2. The zero-order valence-electron chi connectivity index (χ0n) is 17.3. The Morgan fingerprint density at radius 1 is 1.06 bits per heavy atom. The molecule has 5 heterocycles. The fourth-order valence-electron chi connectivity index (χ4n) is 5.09. The topological polar surface area (TPSA) is 79.2 Å². The zero-order chi connectivity index (χ0) is 20.8. The number of nitrogens with one attached hydrogen (secondary N) is 1. The molecular formula is C23H25N7O. The Balaban J connectivity index is 1.34. The van der Waals surface area contributed by atoms with E-state index >= 15 is 0 Å². The van der Waals surface area contributed by atoms with Gasteiger partial charge in [-0.2, -0.15) is 5.10 Å². The van der Waals surface area contributed by atoms with Gasteiger partial charge in [0.2, 0.25) is 0 Å². The molecule has 8 nitrogen and oxygen atoms in total. The van der Waals surface area contributed by atoms with Crippen LogP contribution >= 0.6 is 0 Å². The van der Waals surface area contributed by atoms with Gasteiger partial charge < -0.3 is 10.2 Å². The average molecular weight is 416 g/mol. The van der Waals surface area contributed by atoms with E-state index in [-0.39, 0.29) is 12.1 Å². The first-order valence-corrected chi connectivity index (χ1v) is 11.1. The van der Waals surface area contributed by atoms with Crippen LogP contribution in [0.3, 0.4) is 0 Å². The Kier molecular flexibility index (Phi) is 4.36. The van der Waals surface area contributed by atoms with Crippen LogP contribution in [-0.2, 0) is 0 Å². The van der Waals surface area contributed by atoms with E-state index in [9.17, 15) is 4.79 Å². The average Bonchev–Trinajstić information content (AvgIpc) is 3.55. The van der Waals surface area contributed by atoms with Crippen molar-refractivity contribution in [2.45, 2.75) is 44.2 Å². The molecule has 2 amide bonds. The van der Waals surface area contributed by atoms with Gasteiger partial charge in [-0.1, -0.05) is 12.8 Å². The number of nitrogens with zero attached hydrogens (tertiary/aromatic N) is 6. The van der Waals surface area contributed by atoms with Crippen LogP contribution in [0.1, 0.15) is 38.1 Å². The van der Waals surface area contributed by atoms with Gasteiger partial charge in [-0.05, 0) is 43.5 Å². The number of anilines is 3. The highest BCUT2D eigenvalue weighted by Crippen LogP contribution is 2.40. The van der Waals surface area contributed by atoms with Gasteiger partial charge in [-0.3, -0.25) is 14.6 Å². The number of hydrogen-bond donors (Lipinski definition) is 1. The summed E-state index contributed by atoms with van der Waals surface area (Å²) in [6, 6.07) is 8.25. The van der Waals surface area contributed by atoms with E-state index in [4.69, 9.17) is 4.98 Å². The van der Waals surface area contributed by atoms with Gasteiger partial charge >= 0.3 is 6.03 Å². The standard InChI is InChI=1S/C23H25N7O/c31-23(26-17-4-3-10-24-13-17)30-19-9-11-28(15-19)21-8-7-20(27-22(21)30)16-12-25-29(14-16)18-5-1-2-6-18/h3-4,7-8,10,12-14,18-19H,1-2,5-6,9,11,15H2,(H,26,31)/t19-/m0/s1. The smallest absolute Gasteiger partial charge is 0.327 e. The van der Waals surface area contributed by atoms with Gasteiger partial charge in [-0.15, -0.1) is 0 Å². The van der Waals surface area contributed by atoms with E-state index in [1.807, 2.05) is 29.3 Å². The molecule has 3 aromatic heterocycles. The highest BCUT2D eigenvalue weighted by atomic mass is 16.2. The third-order valence-electron chi connectivity index (χ3n) is 6.68. The number of carbonyl (C=O) groups is 1. The SMILES string of the molecule is O=C(Nc1cccnc1)N1c2nc(-c3cnn(C4CCCC4)c3)ccc2N2CC[C@H]1C2. The Morgan fingerprint density at radius 3 is 2.81 bits per heavy atom. The number of amides is 2. The number of hydrogen-bond acceptors (Lipinski definition) is 5. The van der Waals surface area contributed by atoms with Crippen molar-refractivity contribution in [2.75, 3.05) is 28.2 Å². The summed E-state index contributed by atoms with van der Waals surface area (Å²) in [5.74, 6) is 0.723. The van der Waals surface area contributed by atoms with E-state index in [0.717, 1.165) is 42.3 Å². The minimum Gasteiger partial charge on any atom is -0.366 e. The second-order valence-electron chi connectivity index (χ2n) is 8.62. The van der Waals surface area contributed by atoms with E-state index in [0.29, 0.717) is 11.7 Å². The maximum absolute atomic E-state index is 13.3. The molecule has 1 atom stereocenters. The normalized spacial score (nSPS) is 20.2. The molecule has 3 aliphatic rings. The molecule has 3 aromatic rings. The fourth-order valence-corrected chi connectivity index (χ4v) is 5.09. The summed E-state index contributed by atoms with van der Waals surface area (Å²) in [4.78, 5) is 26.5. The highest BCUT2D eigenvalue weighted by molar-refractivity contribution is 6.04. The van der Waals surface area contributed by atoms with Gasteiger partial charge in [0.05, 0.1) is 41.5 Å². The second kappa shape index (κ2) is 7.37. The molecule has 0 radical (unpaired) electrons. The summed E-state index contributed by atoms with van der Waals surface area (Å²) in [6.07, 6.45) is 13.2. The molecule has 2 bridgehead atoms. The first-order valence-electron chi connectivity index (χ1n) is 11.1. The van der Waals surface area contributed by atoms with E-state index in [1.54, 1.807) is 12.4 Å². The predicted octanol–water partition coefficient (Wildman–Crippen LogP) is 4.09. The number of urea groups is 1. The lowest BCUT2D eigenvalue weighted by Gasteiger charge is -2.35. The second-order valence-corrected chi connectivity index (χ2v) is 8.62. The molecule has 0 unspecified atom stereocenters. The largest absolute Gasteiger partial charge is 0.366 e. The number of fused-ring (bicyclic) bond motifs is 4. The molecule has 1 N–H and O–H groups in total. The Morgan fingerprint density at radius 2 is 1.97 bits per heavy atom. The molecule has 6 rings (SSSR count). The molecule has 8 heteroatoms. The number of carbonyl (C=O) groups excluding carboxylic acids is 1. The maximum atomic E-state index is 13.3. The molecule has 1 saturated heterocycles. The summed E-state index contributed by atoms with van der Waals surface area (Å²) in [5.41, 5.74) is 3.55. The van der Waals surface area contributed by atoms with Crippen molar-refractivity contribution in [3.8, 4) is 11.3 Å². The van der Waals surface area contributed by atoms with Crippen LogP contribution in [0.15, 0.2) is 49.1 Å². The Bertz CT molecular complexity index is 1110. The third-order valence-corrected chi connectivity index (χ3v) is 6.68. The monoisotopic (exact) mass is 415 g/mol. The van der Waals surface area contributed by atoms with Crippen LogP contribution < -0.4 is 15.1 Å². The first-order chi connectivity index (χ1) is 15.3. The van der Waals surface area contributed by atoms with Gasteiger partial charge in [0.15, 0.2) is 5.82 Å². The Labute approximate surface area is 180 Å². The van der Waals surface area contributed by atoms with E-state index in [2.05, 4.69) is 37.2 Å². The predicted molar refractivity (Wildman–Crippen MR) is 119 cm³/mol. The lowest BCUT2D eigenvalue weighted by molar-refractivity contribution is 0.255. The van der Waals surface area contributed by atoms with Crippen molar-refractivity contribution >= 4 is 23.2 Å². The molecule has 31 heavy (non-hydrogen) atoms. The van der Waals surface area contributed by atoms with Crippen molar-refractivity contribution in [3.63, 3.8) is 0 Å². The molecule has 2 fully saturated rings. The molecule has 0 aromatic carbocycles. The highest BCUT2D eigenvalue weighted by Gasteiger charge is 2.40. The van der Waals surface area contributed by atoms with Crippen molar-refractivity contribution in [1.82, 2.24) is 19.7 Å². The summed E-state index contributed by atoms with van der Waals surface area (Å²) >= 11 is 0. The van der Waals surface area contributed by atoms with Crippen molar-refractivity contribution in [3.05, 3.63) is 49.1 Å².